The van der Waals surface area contributed by atoms with E-state index in [1.807, 2.05) is 42.2 Å². The van der Waals surface area contributed by atoms with Gasteiger partial charge in [-0.3, -0.25) is 19.6 Å². The first-order valence-electron chi connectivity index (χ1n) is 10.6. The van der Waals surface area contributed by atoms with E-state index < -0.39 is 0 Å². The summed E-state index contributed by atoms with van der Waals surface area (Å²) in [7, 11) is 0. The van der Waals surface area contributed by atoms with Crippen LogP contribution in [0.15, 0.2) is 53.9 Å². The Kier molecular flexibility index (Phi) is 5.84. The fraction of sp³-hybridized carbons (Fsp3) is 0.333. The van der Waals surface area contributed by atoms with Gasteiger partial charge in [0, 0.05) is 49.8 Å². The van der Waals surface area contributed by atoms with Crippen molar-refractivity contribution >= 4 is 35.0 Å². The fourth-order valence-electron chi connectivity index (χ4n) is 4.00. The number of nitrogens with zero attached hydrogens (tertiary/aromatic N) is 4. The largest absolute Gasteiger partial charge is 0.404 e. The third-order valence-electron chi connectivity index (χ3n) is 5.71. The number of hydrogen-bond acceptors (Lipinski definition) is 5. The Labute approximate surface area is 182 Å². The topological polar surface area (TPSA) is 91.9 Å². The minimum Gasteiger partial charge on any atom is -0.404 e. The molecule has 0 saturated heterocycles. The predicted molar refractivity (Wildman–Crippen MR) is 123 cm³/mol. The van der Waals surface area contributed by atoms with Crippen LogP contribution in [0.25, 0.3) is 5.57 Å². The van der Waals surface area contributed by atoms with E-state index in [2.05, 4.69) is 9.98 Å². The molecule has 1 aliphatic carbocycles. The van der Waals surface area contributed by atoms with Gasteiger partial charge >= 0.3 is 0 Å². The minimum atomic E-state index is -0.0787. The summed E-state index contributed by atoms with van der Waals surface area (Å²) in [5.41, 5.74) is 10.1. The van der Waals surface area contributed by atoms with E-state index in [1.54, 1.807) is 30.4 Å². The molecule has 2 N–H and O–H groups in total. The third kappa shape index (κ3) is 4.35. The van der Waals surface area contributed by atoms with Crippen molar-refractivity contribution in [2.45, 2.75) is 39.3 Å². The maximum absolute atomic E-state index is 13.0. The fourth-order valence-corrected chi connectivity index (χ4v) is 4.00. The molecule has 7 nitrogen and oxygen atoms in total. The third-order valence-corrected chi connectivity index (χ3v) is 5.71. The molecule has 4 rings (SSSR count). The Bertz CT molecular complexity index is 1040. The second-order valence-corrected chi connectivity index (χ2v) is 8.11. The highest BCUT2D eigenvalue weighted by Gasteiger charge is 2.39. The number of rotatable bonds is 5. The summed E-state index contributed by atoms with van der Waals surface area (Å²) in [6, 6.07) is 9.51. The average molecular weight is 418 g/mol. The van der Waals surface area contributed by atoms with Crippen LogP contribution in [0.2, 0.25) is 0 Å². The van der Waals surface area contributed by atoms with Gasteiger partial charge in [0.1, 0.15) is 0 Å². The lowest BCUT2D eigenvalue weighted by Crippen LogP contribution is -2.51. The van der Waals surface area contributed by atoms with E-state index in [0.717, 1.165) is 40.9 Å². The van der Waals surface area contributed by atoms with Crippen LogP contribution in [-0.2, 0) is 16.1 Å². The molecule has 1 aromatic carbocycles. The number of carbonyl (C=O) groups excluding carboxylic acids is 2. The van der Waals surface area contributed by atoms with Gasteiger partial charge in [-0.05, 0) is 55.2 Å². The molecule has 0 radical (unpaired) electrons. The van der Waals surface area contributed by atoms with Gasteiger partial charge in [-0.15, -0.1) is 0 Å². The zero-order valence-corrected chi connectivity index (χ0v) is 17.9. The molecule has 0 bridgehead atoms. The smallest absolute Gasteiger partial charge is 0.230 e. The number of aromatic nitrogens is 1. The molecule has 1 atom stereocenters. The Hall–Kier alpha value is -3.48. The van der Waals surface area contributed by atoms with Crippen molar-refractivity contribution in [1.82, 2.24) is 4.98 Å². The van der Waals surface area contributed by atoms with Crippen molar-refractivity contribution in [2.75, 3.05) is 16.3 Å². The molecular formula is C24H27N5O2. The molecule has 1 fully saturated rings. The molecule has 2 aliphatic rings. The SMILES string of the molecule is CC(=O)N1c2ccc(/C(C=NCc3ccncc3)=C/N)cc2N(C(=O)C2CC2)C[C@@H]1C. The zero-order valence-electron chi connectivity index (χ0n) is 17.9. The lowest BCUT2D eigenvalue weighted by atomic mass is 10.0. The number of pyridine rings is 1. The van der Waals surface area contributed by atoms with Crippen molar-refractivity contribution in [2.24, 2.45) is 16.6 Å². The van der Waals surface area contributed by atoms with Crippen LogP contribution < -0.4 is 15.5 Å². The molecule has 31 heavy (non-hydrogen) atoms. The summed E-state index contributed by atoms with van der Waals surface area (Å²) in [6.45, 7) is 4.54. The van der Waals surface area contributed by atoms with E-state index in [4.69, 9.17) is 5.73 Å². The maximum atomic E-state index is 13.0. The first-order valence-corrected chi connectivity index (χ1v) is 10.6. The molecule has 1 aromatic heterocycles. The van der Waals surface area contributed by atoms with Crippen LogP contribution in [0.5, 0.6) is 0 Å². The van der Waals surface area contributed by atoms with Crippen LogP contribution in [-0.4, -0.2) is 35.6 Å². The molecule has 160 valence electrons. The summed E-state index contributed by atoms with van der Waals surface area (Å²) in [5.74, 6) is 0.200. The predicted octanol–water partition coefficient (Wildman–Crippen LogP) is 3.15. The number of amides is 2. The molecule has 2 amide bonds. The molecule has 2 aromatic rings. The van der Waals surface area contributed by atoms with Gasteiger partial charge in [-0.2, -0.15) is 0 Å². The number of carbonyl (C=O) groups is 2. The summed E-state index contributed by atoms with van der Waals surface area (Å²) in [4.78, 5) is 37.4. The lowest BCUT2D eigenvalue weighted by molar-refractivity contribution is -0.120. The molecule has 0 spiro atoms. The van der Waals surface area contributed by atoms with Crippen LogP contribution in [0.4, 0.5) is 11.4 Å². The highest BCUT2D eigenvalue weighted by atomic mass is 16.2. The van der Waals surface area contributed by atoms with E-state index in [0.29, 0.717) is 13.1 Å². The summed E-state index contributed by atoms with van der Waals surface area (Å²) < 4.78 is 0. The van der Waals surface area contributed by atoms with Crippen LogP contribution in [0.3, 0.4) is 0 Å². The maximum Gasteiger partial charge on any atom is 0.230 e. The molecular weight excluding hydrogens is 390 g/mol. The molecule has 0 unspecified atom stereocenters. The Morgan fingerprint density at radius 1 is 1.19 bits per heavy atom. The quantitative estimate of drug-likeness (QED) is 0.757. The molecule has 7 heteroatoms. The second kappa shape index (κ2) is 8.71. The first kappa shape index (κ1) is 20.8. The van der Waals surface area contributed by atoms with Crippen LogP contribution in [0, 0.1) is 5.92 Å². The number of aliphatic imine (C=N–C) groups is 1. The van der Waals surface area contributed by atoms with E-state index >= 15 is 0 Å². The molecule has 2 heterocycles. The van der Waals surface area contributed by atoms with Gasteiger partial charge in [-0.1, -0.05) is 6.07 Å². The van der Waals surface area contributed by atoms with Crippen molar-refractivity contribution < 1.29 is 9.59 Å². The highest BCUT2D eigenvalue weighted by molar-refractivity contribution is 6.11. The van der Waals surface area contributed by atoms with Crippen LogP contribution in [0.1, 0.15) is 37.8 Å². The first-order chi connectivity index (χ1) is 15.0. The van der Waals surface area contributed by atoms with E-state index in [1.165, 1.54) is 6.20 Å². The molecule has 1 aliphatic heterocycles. The van der Waals surface area contributed by atoms with Gasteiger partial charge in [0.05, 0.1) is 24.0 Å². The van der Waals surface area contributed by atoms with Crippen molar-refractivity contribution in [1.29, 1.82) is 0 Å². The Morgan fingerprint density at radius 2 is 1.94 bits per heavy atom. The normalized spacial score (nSPS) is 18.9. The minimum absolute atomic E-state index is 0.0338. The number of allylic oxidation sites excluding steroid dienone is 1. The Balaban J connectivity index is 1.66. The highest BCUT2D eigenvalue weighted by Crippen LogP contribution is 2.41. The number of fused-ring (bicyclic) bond motifs is 1. The molecule has 1 saturated carbocycles. The number of benzene rings is 1. The van der Waals surface area contributed by atoms with E-state index in [9.17, 15) is 9.59 Å². The summed E-state index contributed by atoms with van der Waals surface area (Å²) in [6.07, 6.45) is 8.60. The van der Waals surface area contributed by atoms with Crippen molar-refractivity contribution in [3.63, 3.8) is 0 Å². The van der Waals surface area contributed by atoms with Crippen LogP contribution >= 0.6 is 0 Å². The van der Waals surface area contributed by atoms with Gasteiger partial charge in [-0.25, -0.2) is 0 Å². The second-order valence-electron chi connectivity index (χ2n) is 8.11. The standard InChI is InChI=1S/C24H27N5O2/c1-16-15-28(24(31)19-3-4-19)23-11-20(5-6-22(23)29(16)17(2)30)21(12-25)14-27-13-18-7-9-26-10-8-18/h5-12,14,16,19H,3-4,13,15,25H2,1-2H3/b21-12+,27-14?/t16-/m0/s1. The summed E-state index contributed by atoms with van der Waals surface area (Å²) >= 11 is 0. The lowest BCUT2D eigenvalue weighted by Gasteiger charge is -2.41. The number of anilines is 2. The van der Waals surface area contributed by atoms with Crippen molar-refractivity contribution in [3.05, 3.63) is 60.1 Å². The number of hydrogen-bond donors (Lipinski definition) is 1. The number of nitrogens with two attached hydrogens (primary N) is 1. The summed E-state index contributed by atoms with van der Waals surface area (Å²) in [5, 5.41) is 0. The van der Waals surface area contributed by atoms with Gasteiger partial charge in [0.2, 0.25) is 11.8 Å². The van der Waals surface area contributed by atoms with Crippen molar-refractivity contribution in [3.8, 4) is 0 Å². The van der Waals surface area contributed by atoms with Gasteiger partial charge < -0.3 is 15.5 Å². The van der Waals surface area contributed by atoms with Gasteiger partial charge in [0.25, 0.3) is 0 Å². The van der Waals surface area contributed by atoms with E-state index in [-0.39, 0.29) is 23.8 Å². The zero-order chi connectivity index (χ0) is 22.0. The average Bonchev–Trinajstić information content (AvgIpc) is 3.61. The Morgan fingerprint density at radius 3 is 2.58 bits per heavy atom. The monoisotopic (exact) mass is 417 g/mol. The van der Waals surface area contributed by atoms with Gasteiger partial charge in [0.15, 0.2) is 0 Å².